The van der Waals surface area contributed by atoms with E-state index in [2.05, 4.69) is 21.3 Å². The van der Waals surface area contributed by atoms with Crippen LogP contribution in [-0.2, 0) is 11.3 Å². The Morgan fingerprint density at radius 2 is 1.91 bits per heavy atom. The zero-order valence-corrected chi connectivity index (χ0v) is 19.5. The second kappa shape index (κ2) is 9.57. The van der Waals surface area contributed by atoms with Crippen LogP contribution < -0.4 is 15.0 Å². The summed E-state index contributed by atoms with van der Waals surface area (Å²) in [5.74, 6) is 0.455. The first-order valence-corrected chi connectivity index (χ1v) is 11.5. The van der Waals surface area contributed by atoms with Gasteiger partial charge in [-0.15, -0.1) is 0 Å². The monoisotopic (exact) mass is 456 g/mol. The predicted molar refractivity (Wildman–Crippen MR) is 133 cm³/mol. The molecule has 1 amide bonds. The zero-order valence-electron chi connectivity index (χ0n) is 19.5. The molecular weight excluding hydrogens is 428 g/mol. The molecule has 34 heavy (non-hydrogen) atoms. The molecule has 2 aromatic carbocycles. The summed E-state index contributed by atoms with van der Waals surface area (Å²) >= 11 is 0. The molecule has 1 saturated heterocycles. The van der Waals surface area contributed by atoms with Gasteiger partial charge in [0.2, 0.25) is 0 Å². The molecule has 0 saturated carbocycles. The lowest BCUT2D eigenvalue weighted by Crippen LogP contribution is -2.36. The van der Waals surface area contributed by atoms with Crippen LogP contribution in [0.15, 0.2) is 67.0 Å². The Hall–Kier alpha value is -3.84. The number of benzene rings is 2. The number of nitrogens with one attached hydrogen (secondary N) is 1. The Balaban J connectivity index is 1.24. The van der Waals surface area contributed by atoms with E-state index < -0.39 is 0 Å². The summed E-state index contributed by atoms with van der Waals surface area (Å²) in [4.78, 5) is 19.8. The van der Waals surface area contributed by atoms with Crippen molar-refractivity contribution < 1.29 is 14.3 Å². The minimum Gasteiger partial charge on any atom is -0.487 e. The Bertz CT molecular complexity index is 1320. The molecule has 0 spiro atoms. The van der Waals surface area contributed by atoms with E-state index in [1.54, 1.807) is 12.1 Å². The minimum atomic E-state index is -0.170. The number of morpholine rings is 1. The van der Waals surface area contributed by atoms with Gasteiger partial charge in [-0.1, -0.05) is 12.1 Å². The van der Waals surface area contributed by atoms with E-state index >= 15 is 0 Å². The van der Waals surface area contributed by atoms with E-state index in [9.17, 15) is 4.79 Å². The fourth-order valence-electron chi connectivity index (χ4n) is 4.11. The number of fused-ring (bicyclic) bond motifs is 1. The molecule has 4 aromatic rings. The van der Waals surface area contributed by atoms with Crippen molar-refractivity contribution in [3.05, 3.63) is 89.4 Å². The van der Waals surface area contributed by atoms with Crippen LogP contribution in [0.1, 0.15) is 27.2 Å². The van der Waals surface area contributed by atoms with Gasteiger partial charge >= 0.3 is 0 Å². The van der Waals surface area contributed by atoms with Crippen LogP contribution in [0.2, 0.25) is 0 Å². The molecule has 1 aliphatic rings. The number of imidazole rings is 1. The molecule has 0 aliphatic carbocycles. The number of hydrogen-bond acceptors (Lipinski definition) is 5. The van der Waals surface area contributed by atoms with Crippen molar-refractivity contribution in [3.8, 4) is 5.75 Å². The summed E-state index contributed by atoms with van der Waals surface area (Å²) < 4.78 is 13.4. The summed E-state index contributed by atoms with van der Waals surface area (Å²) in [7, 11) is 0. The summed E-state index contributed by atoms with van der Waals surface area (Å²) in [6.45, 7) is 7.63. The lowest BCUT2D eigenvalue weighted by Gasteiger charge is -2.29. The number of rotatable bonds is 6. The average molecular weight is 457 g/mol. The molecule has 7 nitrogen and oxygen atoms in total. The fourth-order valence-corrected chi connectivity index (χ4v) is 4.11. The third-order valence-corrected chi connectivity index (χ3v) is 5.97. The van der Waals surface area contributed by atoms with Crippen molar-refractivity contribution >= 4 is 22.9 Å². The molecular formula is C27H28N4O3. The number of amides is 1. The smallest absolute Gasteiger partial charge is 0.255 e. The van der Waals surface area contributed by atoms with Gasteiger partial charge in [0.05, 0.1) is 18.9 Å². The number of ether oxygens (including phenoxy) is 2. The van der Waals surface area contributed by atoms with E-state index in [0.29, 0.717) is 17.9 Å². The van der Waals surface area contributed by atoms with Crippen molar-refractivity contribution in [1.29, 1.82) is 0 Å². The van der Waals surface area contributed by atoms with Gasteiger partial charge in [0.1, 0.15) is 18.0 Å². The molecule has 1 fully saturated rings. The van der Waals surface area contributed by atoms with E-state index in [4.69, 9.17) is 9.47 Å². The van der Waals surface area contributed by atoms with Gasteiger partial charge in [-0.05, 0) is 67.4 Å². The Morgan fingerprint density at radius 1 is 1.06 bits per heavy atom. The molecule has 2 aromatic heterocycles. The van der Waals surface area contributed by atoms with Crippen LogP contribution in [0.5, 0.6) is 5.75 Å². The summed E-state index contributed by atoms with van der Waals surface area (Å²) in [6, 6.07) is 17.3. The SMILES string of the molecule is Cc1ccc2nc(COc3cccc(C(=O)Nc4ccc(N5CCOCC5)cc4C)c3)cn2c1. The summed E-state index contributed by atoms with van der Waals surface area (Å²) in [5, 5.41) is 3.03. The molecule has 1 N–H and O–H groups in total. The first kappa shape index (κ1) is 22.0. The predicted octanol–water partition coefficient (Wildman–Crippen LogP) is 4.62. The number of nitrogens with zero attached hydrogens (tertiary/aromatic N) is 3. The van der Waals surface area contributed by atoms with Gasteiger partial charge in [0.15, 0.2) is 0 Å². The summed E-state index contributed by atoms with van der Waals surface area (Å²) in [6.07, 6.45) is 3.99. The van der Waals surface area contributed by atoms with E-state index in [-0.39, 0.29) is 5.91 Å². The number of carbonyl (C=O) groups excluding carboxylic acids is 1. The van der Waals surface area contributed by atoms with Gasteiger partial charge in [0.25, 0.3) is 5.91 Å². The molecule has 0 unspecified atom stereocenters. The van der Waals surface area contributed by atoms with Crippen LogP contribution in [0, 0.1) is 13.8 Å². The molecule has 0 bridgehead atoms. The highest BCUT2D eigenvalue weighted by atomic mass is 16.5. The number of aryl methyl sites for hydroxylation is 2. The van der Waals surface area contributed by atoms with E-state index in [0.717, 1.165) is 54.6 Å². The lowest BCUT2D eigenvalue weighted by molar-refractivity contribution is 0.102. The maximum atomic E-state index is 12.9. The van der Waals surface area contributed by atoms with Crippen molar-refractivity contribution in [2.45, 2.75) is 20.5 Å². The highest BCUT2D eigenvalue weighted by Gasteiger charge is 2.14. The lowest BCUT2D eigenvalue weighted by atomic mass is 10.1. The van der Waals surface area contributed by atoms with Gasteiger partial charge in [-0.25, -0.2) is 4.98 Å². The van der Waals surface area contributed by atoms with Gasteiger partial charge in [0, 0.05) is 42.4 Å². The zero-order chi connectivity index (χ0) is 23.5. The second-order valence-corrected chi connectivity index (χ2v) is 8.57. The van der Waals surface area contributed by atoms with Crippen molar-refractivity contribution in [2.75, 3.05) is 36.5 Å². The highest BCUT2D eigenvalue weighted by Crippen LogP contribution is 2.24. The van der Waals surface area contributed by atoms with Crippen LogP contribution in [0.4, 0.5) is 11.4 Å². The number of anilines is 2. The molecule has 0 atom stereocenters. The Morgan fingerprint density at radius 3 is 2.74 bits per heavy atom. The summed E-state index contributed by atoms with van der Waals surface area (Å²) in [5.41, 5.74) is 6.39. The number of hydrogen-bond donors (Lipinski definition) is 1. The maximum absolute atomic E-state index is 12.9. The Kier molecular flexibility index (Phi) is 6.18. The first-order valence-electron chi connectivity index (χ1n) is 11.5. The Labute approximate surface area is 198 Å². The van der Waals surface area contributed by atoms with E-state index in [1.807, 2.05) is 67.0 Å². The van der Waals surface area contributed by atoms with Crippen LogP contribution in [0.25, 0.3) is 5.65 Å². The van der Waals surface area contributed by atoms with Gasteiger partial charge in [-0.3, -0.25) is 4.79 Å². The molecule has 5 rings (SSSR count). The standard InChI is InChI=1S/C27H28N4O3/c1-19-6-9-26-28-22(17-31(26)16-19)18-34-24-5-3-4-21(15-24)27(32)29-25-8-7-23(14-20(25)2)30-10-12-33-13-11-30/h3-9,14-17H,10-13,18H2,1-2H3,(H,29,32). The molecule has 174 valence electrons. The second-order valence-electron chi connectivity index (χ2n) is 8.57. The third-order valence-electron chi connectivity index (χ3n) is 5.97. The molecule has 3 heterocycles. The van der Waals surface area contributed by atoms with Crippen molar-refractivity contribution in [3.63, 3.8) is 0 Å². The third kappa shape index (κ3) is 4.89. The van der Waals surface area contributed by atoms with Gasteiger partial charge < -0.3 is 24.1 Å². The first-order chi connectivity index (χ1) is 16.5. The van der Waals surface area contributed by atoms with E-state index in [1.165, 1.54) is 5.56 Å². The number of pyridine rings is 1. The van der Waals surface area contributed by atoms with Gasteiger partial charge in [-0.2, -0.15) is 0 Å². The average Bonchev–Trinajstić information content (AvgIpc) is 3.26. The normalized spacial score (nSPS) is 13.8. The number of carbonyl (C=O) groups is 1. The highest BCUT2D eigenvalue weighted by molar-refractivity contribution is 6.05. The topological polar surface area (TPSA) is 68.1 Å². The maximum Gasteiger partial charge on any atom is 0.255 e. The fraction of sp³-hybridized carbons (Fsp3) is 0.259. The van der Waals surface area contributed by atoms with Crippen LogP contribution >= 0.6 is 0 Å². The number of aromatic nitrogens is 2. The van der Waals surface area contributed by atoms with Crippen molar-refractivity contribution in [2.24, 2.45) is 0 Å². The minimum absolute atomic E-state index is 0.170. The quantitative estimate of drug-likeness (QED) is 0.459. The van der Waals surface area contributed by atoms with Crippen molar-refractivity contribution in [1.82, 2.24) is 9.38 Å². The largest absolute Gasteiger partial charge is 0.487 e. The van der Waals surface area contributed by atoms with Crippen LogP contribution in [0.3, 0.4) is 0 Å². The van der Waals surface area contributed by atoms with Crippen LogP contribution in [-0.4, -0.2) is 41.6 Å². The molecule has 0 radical (unpaired) electrons. The molecule has 7 heteroatoms. The molecule has 1 aliphatic heterocycles.